The Morgan fingerprint density at radius 1 is 1.25 bits per heavy atom. The molecule has 1 aliphatic heterocycles. The minimum Gasteiger partial charge on any atom is -0.326 e. The molecule has 0 aromatic heterocycles. The van der Waals surface area contributed by atoms with Crippen molar-refractivity contribution < 1.29 is 4.79 Å². The Balaban J connectivity index is 2.29. The van der Waals surface area contributed by atoms with E-state index in [1.807, 2.05) is 18.2 Å². The second-order valence-electron chi connectivity index (χ2n) is 5.60. The first-order valence-electron chi connectivity index (χ1n) is 5.87. The lowest BCUT2D eigenvalue weighted by Gasteiger charge is -2.27. The summed E-state index contributed by atoms with van der Waals surface area (Å²) < 4.78 is 0. The molecule has 1 heterocycles. The summed E-state index contributed by atoms with van der Waals surface area (Å²) in [5.41, 5.74) is 2.27. The maximum absolute atomic E-state index is 12.1. The van der Waals surface area contributed by atoms with Crippen molar-refractivity contribution in [3.05, 3.63) is 29.8 Å². The monoisotopic (exact) mass is 217 g/mol. The summed E-state index contributed by atoms with van der Waals surface area (Å²) in [6.45, 7) is 6.40. The van der Waals surface area contributed by atoms with E-state index in [1.165, 1.54) is 5.56 Å². The van der Waals surface area contributed by atoms with E-state index in [1.54, 1.807) is 0 Å². The summed E-state index contributed by atoms with van der Waals surface area (Å²) in [5.74, 6) is 0.261. The van der Waals surface area contributed by atoms with Gasteiger partial charge in [-0.05, 0) is 29.9 Å². The van der Waals surface area contributed by atoms with Gasteiger partial charge in [-0.25, -0.2) is 0 Å². The van der Waals surface area contributed by atoms with E-state index in [0.29, 0.717) is 0 Å². The number of fused-ring (bicyclic) bond motifs is 1. The van der Waals surface area contributed by atoms with Gasteiger partial charge in [0.05, 0.1) is 0 Å². The van der Waals surface area contributed by atoms with Gasteiger partial charge in [0, 0.05) is 11.6 Å². The van der Waals surface area contributed by atoms with Crippen LogP contribution in [0.2, 0.25) is 0 Å². The number of carbonyl (C=O) groups is 1. The summed E-state index contributed by atoms with van der Waals surface area (Å²) in [4.78, 5) is 12.1. The van der Waals surface area contributed by atoms with Gasteiger partial charge in [-0.2, -0.15) is 0 Å². The van der Waals surface area contributed by atoms with Crippen molar-refractivity contribution in [2.75, 3.05) is 5.32 Å². The second-order valence-corrected chi connectivity index (χ2v) is 5.60. The zero-order chi connectivity index (χ0) is 11.8. The van der Waals surface area contributed by atoms with Crippen molar-refractivity contribution in [1.29, 1.82) is 0 Å². The molecule has 0 saturated heterocycles. The van der Waals surface area contributed by atoms with Crippen LogP contribution in [0.5, 0.6) is 0 Å². The number of amides is 1. The van der Waals surface area contributed by atoms with Gasteiger partial charge in [-0.1, -0.05) is 39.0 Å². The lowest BCUT2D eigenvalue weighted by molar-refractivity contribution is -0.123. The average Bonchev–Trinajstić information content (AvgIpc) is 2.34. The third kappa shape index (κ3) is 2.11. The molecule has 2 nitrogen and oxygen atoms in total. The molecule has 0 fully saturated rings. The first-order valence-corrected chi connectivity index (χ1v) is 5.87. The van der Waals surface area contributed by atoms with Gasteiger partial charge in [-0.3, -0.25) is 4.79 Å². The molecule has 1 aliphatic rings. The second kappa shape index (κ2) is 3.93. The van der Waals surface area contributed by atoms with E-state index in [-0.39, 0.29) is 17.2 Å². The Labute approximate surface area is 97.1 Å². The molecule has 1 atom stereocenters. The number of nitrogens with one attached hydrogen (secondary N) is 1. The predicted molar refractivity (Wildman–Crippen MR) is 66.3 cm³/mol. The highest BCUT2D eigenvalue weighted by Gasteiger charge is 2.32. The molecule has 0 aliphatic carbocycles. The van der Waals surface area contributed by atoms with Crippen molar-refractivity contribution in [2.24, 2.45) is 11.3 Å². The van der Waals surface area contributed by atoms with E-state index >= 15 is 0 Å². The fraction of sp³-hybridized carbons (Fsp3) is 0.500. The van der Waals surface area contributed by atoms with Gasteiger partial charge in [0.15, 0.2) is 0 Å². The number of benzene rings is 1. The van der Waals surface area contributed by atoms with E-state index < -0.39 is 0 Å². The van der Waals surface area contributed by atoms with E-state index in [9.17, 15) is 4.79 Å². The highest BCUT2D eigenvalue weighted by Crippen LogP contribution is 2.34. The lowest BCUT2D eigenvalue weighted by atomic mass is 9.77. The first-order chi connectivity index (χ1) is 7.48. The molecule has 1 amide bonds. The summed E-state index contributed by atoms with van der Waals surface area (Å²) in [6.07, 6.45) is 1.92. The molecule has 1 N–H and O–H groups in total. The van der Waals surface area contributed by atoms with Crippen LogP contribution in [0.25, 0.3) is 0 Å². The van der Waals surface area contributed by atoms with Crippen LogP contribution < -0.4 is 5.32 Å². The van der Waals surface area contributed by atoms with Gasteiger partial charge in [-0.15, -0.1) is 0 Å². The van der Waals surface area contributed by atoms with Crippen LogP contribution in [0.3, 0.4) is 0 Å². The Kier molecular flexibility index (Phi) is 2.75. The third-order valence-corrected chi connectivity index (χ3v) is 3.34. The summed E-state index contributed by atoms with van der Waals surface area (Å²) in [5, 5.41) is 3.04. The summed E-state index contributed by atoms with van der Waals surface area (Å²) in [6, 6.07) is 8.08. The number of hydrogen-bond acceptors (Lipinski definition) is 1. The van der Waals surface area contributed by atoms with E-state index in [4.69, 9.17) is 0 Å². The molecule has 1 aromatic rings. The summed E-state index contributed by atoms with van der Waals surface area (Å²) in [7, 11) is 0. The topological polar surface area (TPSA) is 29.1 Å². The average molecular weight is 217 g/mol. The molecule has 0 bridgehead atoms. The molecule has 0 radical (unpaired) electrons. The largest absolute Gasteiger partial charge is 0.326 e. The molecular formula is C14H19NO. The van der Waals surface area contributed by atoms with Crippen LogP contribution in [-0.2, 0) is 11.2 Å². The quantitative estimate of drug-likeness (QED) is 0.710. The van der Waals surface area contributed by atoms with E-state index in [2.05, 4.69) is 32.2 Å². The maximum Gasteiger partial charge on any atom is 0.228 e. The Morgan fingerprint density at radius 3 is 2.62 bits per heavy atom. The number of rotatable bonds is 0. The Hall–Kier alpha value is -1.31. The van der Waals surface area contributed by atoms with Crippen LogP contribution in [0.4, 0.5) is 5.69 Å². The summed E-state index contributed by atoms with van der Waals surface area (Å²) >= 11 is 0. The Bertz CT molecular complexity index is 403. The van der Waals surface area contributed by atoms with Gasteiger partial charge >= 0.3 is 0 Å². The van der Waals surface area contributed by atoms with Crippen LogP contribution >= 0.6 is 0 Å². The van der Waals surface area contributed by atoms with E-state index in [0.717, 1.165) is 18.5 Å². The van der Waals surface area contributed by atoms with Crippen molar-refractivity contribution in [2.45, 2.75) is 33.6 Å². The van der Waals surface area contributed by atoms with Gasteiger partial charge in [0.25, 0.3) is 0 Å². The molecule has 0 spiro atoms. The number of aryl methyl sites for hydroxylation is 1. The standard InChI is InChI=1S/C14H19NO/c1-14(2,3)11-9-8-10-6-4-5-7-12(10)15-13(11)16/h4-7,11H,8-9H2,1-3H3,(H,15,16)/t11-/m0/s1. The van der Waals surface area contributed by atoms with Gasteiger partial charge in [0.1, 0.15) is 0 Å². The smallest absolute Gasteiger partial charge is 0.228 e. The number of hydrogen-bond donors (Lipinski definition) is 1. The Morgan fingerprint density at radius 2 is 1.94 bits per heavy atom. The van der Waals surface area contributed by atoms with Gasteiger partial charge < -0.3 is 5.32 Å². The number of carbonyl (C=O) groups excluding carboxylic acids is 1. The van der Waals surface area contributed by atoms with Crippen molar-refractivity contribution >= 4 is 11.6 Å². The number of para-hydroxylation sites is 1. The number of anilines is 1. The first kappa shape index (κ1) is 11.2. The maximum atomic E-state index is 12.1. The zero-order valence-electron chi connectivity index (χ0n) is 10.2. The minimum absolute atomic E-state index is 0.0339. The highest BCUT2D eigenvalue weighted by molar-refractivity contribution is 5.94. The molecule has 86 valence electrons. The van der Waals surface area contributed by atoms with Crippen LogP contribution in [-0.4, -0.2) is 5.91 Å². The molecule has 2 heteroatoms. The normalized spacial score (nSPS) is 20.9. The lowest BCUT2D eigenvalue weighted by Crippen LogP contribution is -2.32. The molecule has 0 saturated carbocycles. The van der Waals surface area contributed by atoms with Crippen molar-refractivity contribution in [1.82, 2.24) is 0 Å². The molecular weight excluding hydrogens is 198 g/mol. The molecule has 16 heavy (non-hydrogen) atoms. The highest BCUT2D eigenvalue weighted by atomic mass is 16.1. The molecule has 1 aromatic carbocycles. The SMILES string of the molecule is CC(C)(C)[C@H]1CCc2ccccc2NC1=O. The zero-order valence-corrected chi connectivity index (χ0v) is 10.2. The predicted octanol–water partition coefficient (Wildman–Crippen LogP) is 3.23. The van der Waals surface area contributed by atoms with Crippen LogP contribution in [0.1, 0.15) is 32.8 Å². The van der Waals surface area contributed by atoms with Crippen LogP contribution in [0.15, 0.2) is 24.3 Å². The molecule has 0 unspecified atom stereocenters. The van der Waals surface area contributed by atoms with Crippen molar-refractivity contribution in [3.8, 4) is 0 Å². The third-order valence-electron chi connectivity index (χ3n) is 3.34. The fourth-order valence-corrected chi connectivity index (χ4v) is 2.34. The minimum atomic E-state index is 0.0339. The van der Waals surface area contributed by atoms with Crippen LogP contribution in [0, 0.1) is 11.3 Å². The molecule has 2 rings (SSSR count). The van der Waals surface area contributed by atoms with Gasteiger partial charge in [0.2, 0.25) is 5.91 Å². The van der Waals surface area contributed by atoms with Crippen molar-refractivity contribution in [3.63, 3.8) is 0 Å². The fourth-order valence-electron chi connectivity index (χ4n) is 2.34.